The molecular weight excluding hydrogens is 370 g/mol. The lowest BCUT2D eigenvalue weighted by molar-refractivity contribution is -0.143. The Balaban J connectivity index is 2.10. The van der Waals surface area contributed by atoms with Crippen LogP contribution in [0.25, 0.3) is 0 Å². The minimum absolute atomic E-state index is 0.115. The Hall–Kier alpha value is 0.0900. The van der Waals surface area contributed by atoms with Crippen molar-refractivity contribution in [2.24, 2.45) is 0 Å². The van der Waals surface area contributed by atoms with Crippen LogP contribution in [-0.4, -0.2) is 19.1 Å². The average molecular weight is 385 g/mol. The van der Waals surface area contributed by atoms with E-state index in [9.17, 15) is 4.79 Å². The first-order chi connectivity index (χ1) is 8.13. The third-order valence-electron chi connectivity index (χ3n) is 2.04. The zero-order valence-corrected chi connectivity index (χ0v) is 13.6. The van der Waals surface area contributed by atoms with Gasteiger partial charge in [-0.15, -0.1) is 11.3 Å². The normalized spacial score (nSPS) is 10.5. The van der Waals surface area contributed by atoms with Crippen molar-refractivity contribution >= 4 is 49.2 Å². The summed E-state index contributed by atoms with van der Waals surface area (Å²) in [5.41, 5.74) is 0. The zero-order valence-electron chi connectivity index (χ0n) is 9.59. The molecule has 1 N–H and O–H groups in total. The molecule has 1 rings (SSSR count). The number of thiophene rings is 1. The van der Waals surface area contributed by atoms with Crippen LogP contribution in [0, 0.1) is 0 Å². The van der Waals surface area contributed by atoms with Gasteiger partial charge in [0.2, 0.25) is 0 Å². The number of carbonyl (C=O) groups is 1. The summed E-state index contributed by atoms with van der Waals surface area (Å²) in [6.07, 6.45) is 1.30. The summed E-state index contributed by atoms with van der Waals surface area (Å²) in [5.74, 6) is -0.115. The number of hydrogen-bond donors (Lipinski definition) is 1. The van der Waals surface area contributed by atoms with E-state index >= 15 is 0 Å². The van der Waals surface area contributed by atoms with Crippen molar-refractivity contribution < 1.29 is 9.53 Å². The molecule has 1 aromatic heterocycles. The largest absolute Gasteiger partial charge is 0.466 e. The van der Waals surface area contributed by atoms with Gasteiger partial charge in [0, 0.05) is 22.3 Å². The first-order valence-corrected chi connectivity index (χ1v) is 7.83. The lowest BCUT2D eigenvalue weighted by atomic mass is 10.3. The number of hydrogen-bond acceptors (Lipinski definition) is 4. The molecule has 0 aliphatic heterocycles. The summed E-state index contributed by atoms with van der Waals surface area (Å²) < 4.78 is 7.05. The van der Waals surface area contributed by atoms with Crippen LogP contribution in [0.5, 0.6) is 0 Å². The molecule has 0 saturated heterocycles. The van der Waals surface area contributed by atoms with Gasteiger partial charge in [-0.3, -0.25) is 4.79 Å². The van der Waals surface area contributed by atoms with Gasteiger partial charge in [0.25, 0.3) is 0 Å². The lowest BCUT2D eigenvalue weighted by Gasteiger charge is -2.03. The van der Waals surface area contributed by atoms with Gasteiger partial charge in [0.15, 0.2) is 0 Å². The van der Waals surface area contributed by atoms with Crippen LogP contribution in [0.4, 0.5) is 0 Å². The smallest absolute Gasteiger partial charge is 0.305 e. The van der Waals surface area contributed by atoms with Crippen LogP contribution in [0.3, 0.4) is 0 Å². The predicted molar refractivity (Wildman–Crippen MR) is 77.3 cm³/mol. The van der Waals surface area contributed by atoms with E-state index in [-0.39, 0.29) is 5.97 Å². The minimum Gasteiger partial charge on any atom is -0.466 e. The van der Waals surface area contributed by atoms with Crippen LogP contribution in [0.15, 0.2) is 14.3 Å². The quantitative estimate of drug-likeness (QED) is 0.575. The van der Waals surface area contributed by atoms with Crippen molar-refractivity contribution in [3.63, 3.8) is 0 Å². The van der Waals surface area contributed by atoms with E-state index in [2.05, 4.69) is 43.2 Å². The first-order valence-electron chi connectivity index (χ1n) is 5.43. The second-order valence-electron chi connectivity index (χ2n) is 3.42. The van der Waals surface area contributed by atoms with Gasteiger partial charge in [-0.1, -0.05) is 0 Å². The molecular formula is C11H15Br2NO2S. The lowest BCUT2D eigenvalue weighted by Crippen LogP contribution is -2.15. The van der Waals surface area contributed by atoms with Crippen LogP contribution >= 0.6 is 43.2 Å². The summed E-state index contributed by atoms with van der Waals surface area (Å²) in [6, 6.07) is 2.09. The topological polar surface area (TPSA) is 38.3 Å². The van der Waals surface area contributed by atoms with Crippen molar-refractivity contribution in [1.82, 2.24) is 5.32 Å². The molecule has 6 heteroatoms. The molecule has 17 heavy (non-hydrogen) atoms. The van der Waals surface area contributed by atoms with E-state index in [0.717, 1.165) is 27.8 Å². The highest BCUT2D eigenvalue weighted by molar-refractivity contribution is 9.13. The highest BCUT2D eigenvalue weighted by Crippen LogP contribution is 2.32. The van der Waals surface area contributed by atoms with Crippen molar-refractivity contribution in [3.8, 4) is 0 Å². The van der Waals surface area contributed by atoms with Gasteiger partial charge < -0.3 is 10.1 Å². The minimum atomic E-state index is -0.115. The van der Waals surface area contributed by atoms with Crippen molar-refractivity contribution in [3.05, 3.63) is 19.2 Å². The highest BCUT2D eigenvalue weighted by Gasteiger charge is 2.04. The zero-order chi connectivity index (χ0) is 12.7. The van der Waals surface area contributed by atoms with Crippen LogP contribution in [0.2, 0.25) is 0 Å². The second kappa shape index (κ2) is 8.24. The van der Waals surface area contributed by atoms with E-state index in [1.807, 2.05) is 6.92 Å². The fourth-order valence-electron chi connectivity index (χ4n) is 1.28. The highest BCUT2D eigenvalue weighted by atomic mass is 79.9. The summed E-state index contributed by atoms with van der Waals surface area (Å²) >= 11 is 8.61. The van der Waals surface area contributed by atoms with Gasteiger partial charge in [0.1, 0.15) is 0 Å². The standard InChI is InChI=1S/C11H15Br2NO2S/c1-2-16-10(15)4-3-5-14-7-8-6-9(12)11(13)17-8/h6,14H,2-5,7H2,1H3. The molecule has 0 bridgehead atoms. The number of carbonyl (C=O) groups excluding carboxylic acids is 1. The molecule has 3 nitrogen and oxygen atoms in total. The molecule has 0 spiro atoms. The Kier molecular flexibility index (Phi) is 7.34. The van der Waals surface area contributed by atoms with E-state index < -0.39 is 0 Å². The molecule has 0 unspecified atom stereocenters. The number of rotatable bonds is 7. The average Bonchev–Trinajstić information content (AvgIpc) is 2.58. The summed E-state index contributed by atoms with van der Waals surface area (Å²) in [6.45, 7) is 3.94. The predicted octanol–water partition coefficient (Wildman–Crippen LogP) is 3.71. The molecule has 0 amide bonds. The van der Waals surface area contributed by atoms with E-state index in [0.29, 0.717) is 13.0 Å². The Labute approximate surface area is 122 Å². The van der Waals surface area contributed by atoms with Gasteiger partial charge in [0.05, 0.1) is 10.4 Å². The van der Waals surface area contributed by atoms with Gasteiger partial charge >= 0.3 is 5.97 Å². The molecule has 0 aliphatic rings. The molecule has 0 aromatic carbocycles. The fraction of sp³-hybridized carbons (Fsp3) is 0.545. The van der Waals surface area contributed by atoms with E-state index in [1.54, 1.807) is 11.3 Å². The molecule has 0 saturated carbocycles. The summed E-state index contributed by atoms with van der Waals surface area (Å²) in [4.78, 5) is 12.3. The van der Waals surface area contributed by atoms with E-state index in [1.165, 1.54) is 4.88 Å². The third-order valence-corrected chi connectivity index (χ3v) is 5.29. The SMILES string of the molecule is CCOC(=O)CCCNCc1cc(Br)c(Br)s1. The summed E-state index contributed by atoms with van der Waals surface area (Å²) in [5, 5.41) is 3.30. The maximum atomic E-state index is 11.1. The maximum absolute atomic E-state index is 11.1. The van der Waals surface area contributed by atoms with E-state index in [4.69, 9.17) is 4.74 Å². The van der Waals surface area contributed by atoms with Crippen molar-refractivity contribution in [2.75, 3.05) is 13.2 Å². The van der Waals surface area contributed by atoms with Crippen molar-refractivity contribution in [2.45, 2.75) is 26.3 Å². The number of halogens is 2. The van der Waals surface area contributed by atoms with Gasteiger partial charge in [-0.2, -0.15) is 0 Å². The monoisotopic (exact) mass is 383 g/mol. The van der Waals surface area contributed by atoms with Gasteiger partial charge in [-0.25, -0.2) is 0 Å². The fourth-order valence-corrected chi connectivity index (χ4v) is 3.43. The Morgan fingerprint density at radius 1 is 1.53 bits per heavy atom. The molecule has 0 fully saturated rings. The molecule has 0 atom stereocenters. The molecule has 96 valence electrons. The molecule has 1 aromatic rings. The Morgan fingerprint density at radius 3 is 2.88 bits per heavy atom. The number of esters is 1. The third kappa shape index (κ3) is 5.99. The van der Waals surface area contributed by atoms with Crippen LogP contribution < -0.4 is 5.32 Å². The molecule has 0 radical (unpaired) electrons. The van der Waals surface area contributed by atoms with Gasteiger partial charge in [-0.05, 0) is 57.8 Å². The molecule has 1 heterocycles. The maximum Gasteiger partial charge on any atom is 0.305 e. The van der Waals surface area contributed by atoms with Crippen LogP contribution in [-0.2, 0) is 16.1 Å². The van der Waals surface area contributed by atoms with Crippen molar-refractivity contribution in [1.29, 1.82) is 0 Å². The Bertz CT molecular complexity index is 349. The first kappa shape index (κ1) is 15.1. The second-order valence-corrected chi connectivity index (χ2v) is 6.73. The Morgan fingerprint density at radius 2 is 2.29 bits per heavy atom. The number of ether oxygens (including phenoxy) is 1. The number of nitrogens with one attached hydrogen (secondary N) is 1. The molecule has 0 aliphatic carbocycles. The summed E-state index contributed by atoms with van der Waals surface area (Å²) in [7, 11) is 0. The van der Waals surface area contributed by atoms with Crippen LogP contribution in [0.1, 0.15) is 24.6 Å².